The minimum atomic E-state index is -1.66. The number of carbonyl (C=O) groups is 1. The predicted molar refractivity (Wildman–Crippen MR) is 210 cm³/mol. The Labute approximate surface area is 321 Å². The summed E-state index contributed by atoms with van der Waals surface area (Å²) in [7, 11) is 0. The van der Waals surface area contributed by atoms with Gasteiger partial charge in [0.2, 0.25) is 5.91 Å². The fourth-order valence-electron chi connectivity index (χ4n) is 6.64. The fraction of sp³-hybridized carbons (Fsp3) is 0.881. The molecular weight excluding hydrogens is 678 g/mol. The van der Waals surface area contributed by atoms with Crippen molar-refractivity contribution in [2.45, 2.75) is 223 Å². The molecule has 0 saturated carbocycles. The van der Waals surface area contributed by atoms with Gasteiger partial charge in [0.05, 0.1) is 25.4 Å². The summed E-state index contributed by atoms with van der Waals surface area (Å²) in [5.41, 5.74) is 0. The van der Waals surface area contributed by atoms with Crippen LogP contribution in [0, 0.1) is 0 Å². The van der Waals surface area contributed by atoms with Gasteiger partial charge in [-0.25, -0.2) is 0 Å². The van der Waals surface area contributed by atoms with Crippen molar-refractivity contribution in [1.82, 2.24) is 5.32 Å². The molecule has 1 aliphatic rings. The Kier molecular flexibility index (Phi) is 30.7. The van der Waals surface area contributed by atoms with Gasteiger partial charge in [-0.2, -0.15) is 0 Å². The summed E-state index contributed by atoms with van der Waals surface area (Å²) in [5.74, 6) is -0.708. The van der Waals surface area contributed by atoms with Crippen LogP contribution in [-0.4, -0.2) is 110 Å². The average molecular weight is 758 g/mol. The van der Waals surface area contributed by atoms with Crippen molar-refractivity contribution >= 4 is 5.91 Å². The predicted octanol–water partition coefficient (Wildman–Crippen LogP) is 5.89. The zero-order valence-electron chi connectivity index (χ0n) is 33.2. The third-order valence-electron chi connectivity index (χ3n) is 10.3. The normalized spacial score (nSPS) is 23.1. The molecule has 9 atom stereocenters. The summed E-state index contributed by atoms with van der Waals surface area (Å²) < 4.78 is 11.0. The zero-order chi connectivity index (χ0) is 39.1. The van der Waals surface area contributed by atoms with Crippen LogP contribution in [0.4, 0.5) is 0 Å². The van der Waals surface area contributed by atoms with Crippen molar-refractivity contribution in [3.8, 4) is 0 Å². The molecule has 0 radical (unpaired) electrons. The van der Waals surface area contributed by atoms with E-state index in [2.05, 4.69) is 43.5 Å². The molecule has 1 fully saturated rings. The van der Waals surface area contributed by atoms with Crippen molar-refractivity contribution in [3.63, 3.8) is 0 Å². The summed E-state index contributed by atoms with van der Waals surface area (Å²) in [6.45, 7) is 3.36. The maximum atomic E-state index is 13.0. The highest BCUT2D eigenvalue weighted by Crippen LogP contribution is 2.23. The number of amides is 1. The highest BCUT2D eigenvalue weighted by Gasteiger charge is 2.44. The molecule has 0 aromatic rings. The monoisotopic (exact) mass is 758 g/mol. The van der Waals surface area contributed by atoms with Gasteiger partial charge < -0.3 is 50.5 Å². The first-order valence-corrected chi connectivity index (χ1v) is 21.2. The number of aliphatic hydroxyl groups excluding tert-OH is 7. The van der Waals surface area contributed by atoms with Crippen LogP contribution < -0.4 is 5.32 Å². The number of ether oxygens (including phenoxy) is 2. The van der Waals surface area contributed by atoms with Crippen molar-refractivity contribution in [2.75, 3.05) is 13.2 Å². The Balaban J connectivity index is 2.50. The number of rotatable bonds is 34. The van der Waals surface area contributed by atoms with E-state index in [0.29, 0.717) is 19.3 Å². The smallest absolute Gasteiger partial charge is 0.249 e. The van der Waals surface area contributed by atoms with Crippen molar-refractivity contribution < 1.29 is 50.0 Å². The van der Waals surface area contributed by atoms with E-state index in [1.807, 2.05) is 0 Å². The molecule has 1 aliphatic heterocycles. The van der Waals surface area contributed by atoms with Crippen LogP contribution in [0.1, 0.15) is 168 Å². The maximum Gasteiger partial charge on any atom is 0.249 e. The second kappa shape index (κ2) is 32.8. The van der Waals surface area contributed by atoms with E-state index in [9.17, 15) is 40.5 Å². The Bertz CT molecular complexity index is 918. The van der Waals surface area contributed by atoms with E-state index in [1.54, 1.807) is 0 Å². The van der Waals surface area contributed by atoms with Crippen LogP contribution >= 0.6 is 0 Å². The van der Waals surface area contributed by atoms with Gasteiger partial charge >= 0.3 is 0 Å². The quantitative estimate of drug-likeness (QED) is 0.0291. The molecule has 312 valence electrons. The average Bonchev–Trinajstić information content (AvgIpc) is 3.16. The van der Waals surface area contributed by atoms with Crippen LogP contribution in [-0.2, 0) is 14.3 Å². The van der Waals surface area contributed by atoms with Gasteiger partial charge in [0, 0.05) is 0 Å². The molecule has 8 N–H and O–H groups in total. The minimum Gasteiger partial charge on any atom is -0.394 e. The molecule has 0 spiro atoms. The third-order valence-corrected chi connectivity index (χ3v) is 10.3. The van der Waals surface area contributed by atoms with Crippen LogP contribution in [0.5, 0.6) is 0 Å². The van der Waals surface area contributed by atoms with Gasteiger partial charge in [0.15, 0.2) is 6.29 Å². The molecule has 1 rings (SSSR count). The molecule has 1 amide bonds. The summed E-state index contributed by atoms with van der Waals surface area (Å²) in [6, 6.07) is -1.17. The van der Waals surface area contributed by atoms with Crippen LogP contribution in [0.3, 0.4) is 0 Å². The number of unbranched alkanes of at least 4 members (excludes halogenated alkanes) is 18. The maximum absolute atomic E-state index is 13.0. The molecule has 11 nitrogen and oxygen atoms in total. The largest absolute Gasteiger partial charge is 0.394 e. The molecule has 1 saturated heterocycles. The summed E-state index contributed by atoms with van der Waals surface area (Å²) in [6.07, 6.45) is 22.3. The first kappa shape index (κ1) is 49.6. The van der Waals surface area contributed by atoms with Gasteiger partial charge in [0.1, 0.15) is 36.6 Å². The molecule has 11 heteroatoms. The number of nitrogens with one attached hydrogen (secondary N) is 1. The fourth-order valence-corrected chi connectivity index (χ4v) is 6.64. The number of hydrogen-bond acceptors (Lipinski definition) is 10. The van der Waals surface area contributed by atoms with Crippen molar-refractivity contribution in [1.29, 1.82) is 0 Å². The SMILES string of the molecule is CCCCC/C=C\C/C=C\CCCCCCCCC(O)C(=O)NC(COC1OC(CO)C(O)C(O)C1O)C(O)C(O)CCCCCCCCCCCC. The number of aliphatic hydroxyl groups is 7. The molecular formula is C42H79NO10. The van der Waals surface area contributed by atoms with Gasteiger partial charge in [0.25, 0.3) is 0 Å². The molecule has 1 heterocycles. The Morgan fingerprint density at radius 3 is 1.72 bits per heavy atom. The first-order chi connectivity index (χ1) is 25.7. The molecule has 0 bridgehead atoms. The summed E-state index contributed by atoms with van der Waals surface area (Å²) in [4.78, 5) is 13.0. The Morgan fingerprint density at radius 1 is 0.660 bits per heavy atom. The molecule has 9 unspecified atom stereocenters. The van der Waals surface area contributed by atoms with E-state index in [0.717, 1.165) is 64.2 Å². The van der Waals surface area contributed by atoms with E-state index >= 15 is 0 Å². The molecule has 53 heavy (non-hydrogen) atoms. The molecule has 0 aromatic carbocycles. The first-order valence-electron chi connectivity index (χ1n) is 21.2. The Morgan fingerprint density at radius 2 is 1.15 bits per heavy atom. The lowest BCUT2D eigenvalue weighted by molar-refractivity contribution is -0.303. The van der Waals surface area contributed by atoms with Crippen LogP contribution in [0.15, 0.2) is 24.3 Å². The van der Waals surface area contributed by atoms with Crippen molar-refractivity contribution in [3.05, 3.63) is 24.3 Å². The summed E-state index contributed by atoms with van der Waals surface area (Å²) in [5, 5.41) is 75.3. The van der Waals surface area contributed by atoms with E-state index in [-0.39, 0.29) is 6.42 Å². The second-order valence-corrected chi connectivity index (χ2v) is 15.1. The lowest BCUT2D eigenvalue weighted by Gasteiger charge is -2.40. The Hall–Kier alpha value is -1.41. The lowest BCUT2D eigenvalue weighted by atomic mass is 9.98. The standard InChI is InChI=1S/C42H79NO10/c1-3-5-7-9-11-13-15-16-17-18-19-20-22-24-26-28-30-35(46)41(51)43-33(32-52-42-40(50)39(49)38(48)36(31-44)53-42)37(47)34(45)29-27-25-23-21-14-12-10-8-6-4-2/h11,13,16-17,33-40,42,44-50H,3-10,12,14-15,18-32H2,1-2H3,(H,43,51)/b13-11-,17-16-. The van der Waals surface area contributed by atoms with Gasteiger partial charge in [-0.1, -0.05) is 147 Å². The number of hydrogen-bond donors (Lipinski definition) is 8. The van der Waals surface area contributed by atoms with Crippen molar-refractivity contribution in [2.24, 2.45) is 0 Å². The van der Waals surface area contributed by atoms with E-state index in [1.165, 1.54) is 64.2 Å². The highest BCUT2D eigenvalue weighted by molar-refractivity contribution is 5.80. The van der Waals surface area contributed by atoms with Gasteiger partial charge in [-0.3, -0.25) is 4.79 Å². The molecule has 0 aliphatic carbocycles. The highest BCUT2D eigenvalue weighted by atomic mass is 16.7. The van der Waals surface area contributed by atoms with Crippen LogP contribution in [0.25, 0.3) is 0 Å². The minimum absolute atomic E-state index is 0.248. The van der Waals surface area contributed by atoms with E-state index in [4.69, 9.17) is 9.47 Å². The van der Waals surface area contributed by atoms with E-state index < -0.39 is 74.2 Å². The third kappa shape index (κ3) is 23.3. The zero-order valence-corrected chi connectivity index (χ0v) is 33.2. The summed E-state index contributed by atoms with van der Waals surface area (Å²) >= 11 is 0. The van der Waals surface area contributed by atoms with Crippen LogP contribution in [0.2, 0.25) is 0 Å². The topological polar surface area (TPSA) is 189 Å². The number of carbonyl (C=O) groups excluding carboxylic acids is 1. The second-order valence-electron chi connectivity index (χ2n) is 15.1. The number of allylic oxidation sites excluding steroid dienone is 4. The molecule has 0 aromatic heterocycles. The lowest BCUT2D eigenvalue weighted by Crippen LogP contribution is -2.60. The van der Waals surface area contributed by atoms with Gasteiger partial charge in [-0.05, 0) is 44.9 Å². The van der Waals surface area contributed by atoms with Gasteiger partial charge in [-0.15, -0.1) is 0 Å².